The molecular weight excluding hydrogens is 286 g/mol. The van der Waals surface area contributed by atoms with Crippen LogP contribution in [-0.2, 0) is 0 Å². The number of methoxy groups -OCH3 is 1. The monoisotopic (exact) mass is 301 g/mol. The molecule has 0 radical (unpaired) electrons. The number of nitrogens with zero attached hydrogens (tertiary/aromatic N) is 1. The average molecular weight is 301 g/mol. The maximum Gasteiger partial charge on any atom is 0.288 e. The van der Waals surface area contributed by atoms with E-state index in [-0.39, 0.29) is 17.0 Å². The van der Waals surface area contributed by atoms with Crippen molar-refractivity contribution in [2.45, 2.75) is 26.4 Å². The summed E-state index contributed by atoms with van der Waals surface area (Å²) in [5.74, 6) is 4.51. The first-order chi connectivity index (χ1) is 10.3. The van der Waals surface area contributed by atoms with Crippen molar-refractivity contribution in [3.8, 4) is 23.3 Å². The standard InChI is InChI=1S/C16H15NO5/c1-5-6-12(18)14-11(17(19)20)9-13-10(15(14)21-4)7-8-16(2,3)22-13/h7-9H,1-4H3. The Hall–Kier alpha value is -2.81. The summed E-state index contributed by atoms with van der Waals surface area (Å²) in [5, 5.41) is 11.3. The van der Waals surface area contributed by atoms with E-state index in [9.17, 15) is 14.9 Å². The van der Waals surface area contributed by atoms with Gasteiger partial charge in [-0.1, -0.05) is 5.92 Å². The van der Waals surface area contributed by atoms with Gasteiger partial charge in [-0.2, -0.15) is 0 Å². The Kier molecular flexibility index (Phi) is 3.91. The zero-order valence-corrected chi connectivity index (χ0v) is 12.7. The molecule has 1 aliphatic heterocycles. The fourth-order valence-electron chi connectivity index (χ4n) is 2.23. The van der Waals surface area contributed by atoms with E-state index >= 15 is 0 Å². The maximum atomic E-state index is 12.1. The number of hydrogen-bond donors (Lipinski definition) is 0. The average Bonchev–Trinajstić information content (AvgIpc) is 2.44. The normalized spacial score (nSPS) is 14.2. The predicted molar refractivity (Wildman–Crippen MR) is 81.2 cm³/mol. The van der Waals surface area contributed by atoms with Crippen LogP contribution in [0.15, 0.2) is 12.1 Å². The van der Waals surface area contributed by atoms with Gasteiger partial charge >= 0.3 is 0 Å². The molecule has 0 spiro atoms. The van der Waals surface area contributed by atoms with Gasteiger partial charge in [0.1, 0.15) is 17.1 Å². The zero-order valence-electron chi connectivity index (χ0n) is 12.7. The molecule has 1 aromatic rings. The van der Waals surface area contributed by atoms with Gasteiger partial charge in [-0.15, -0.1) is 0 Å². The van der Waals surface area contributed by atoms with E-state index in [0.717, 1.165) is 0 Å². The van der Waals surface area contributed by atoms with Gasteiger partial charge in [0.2, 0.25) is 5.78 Å². The van der Waals surface area contributed by atoms with Gasteiger partial charge in [0, 0.05) is 0 Å². The fourth-order valence-corrected chi connectivity index (χ4v) is 2.23. The number of ketones is 1. The first-order valence-corrected chi connectivity index (χ1v) is 6.55. The molecule has 1 aromatic carbocycles. The Morgan fingerprint density at radius 1 is 1.45 bits per heavy atom. The summed E-state index contributed by atoms with van der Waals surface area (Å²) in [6, 6.07) is 1.24. The van der Waals surface area contributed by atoms with Gasteiger partial charge in [0.05, 0.1) is 23.7 Å². The molecule has 0 saturated carbocycles. The zero-order chi connectivity index (χ0) is 16.5. The molecule has 0 atom stereocenters. The topological polar surface area (TPSA) is 78.7 Å². The van der Waals surface area contributed by atoms with Crippen LogP contribution in [0.5, 0.6) is 11.5 Å². The van der Waals surface area contributed by atoms with Crippen LogP contribution in [0.3, 0.4) is 0 Å². The third-order valence-corrected chi connectivity index (χ3v) is 3.15. The first-order valence-electron chi connectivity index (χ1n) is 6.55. The number of rotatable bonds is 3. The van der Waals surface area contributed by atoms with Crippen LogP contribution in [-0.4, -0.2) is 23.4 Å². The Labute approximate surface area is 127 Å². The third kappa shape index (κ3) is 2.66. The van der Waals surface area contributed by atoms with Gasteiger partial charge in [-0.25, -0.2) is 0 Å². The molecule has 1 heterocycles. The summed E-state index contributed by atoms with van der Waals surface area (Å²) in [4.78, 5) is 22.8. The molecule has 0 saturated heterocycles. The molecule has 0 bridgehead atoms. The Morgan fingerprint density at radius 3 is 2.68 bits per heavy atom. The molecule has 0 amide bonds. The molecule has 0 N–H and O–H groups in total. The molecule has 6 heteroatoms. The predicted octanol–water partition coefficient (Wildman–Crippen LogP) is 2.99. The molecule has 114 valence electrons. The lowest BCUT2D eigenvalue weighted by atomic mass is 9.96. The van der Waals surface area contributed by atoms with Gasteiger partial charge in [-0.3, -0.25) is 14.9 Å². The van der Waals surface area contributed by atoms with Crippen molar-refractivity contribution in [1.82, 2.24) is 0 Å². The van der Waals surface area contributed by atoms with Crippen LogP contribution >= 0.6 is 0 Å². The summed E-state index contributed by atoms with van der Waals surface area (Å²) in [7, 11) is 1.35. The number of carbonyl (C=O) groups excluding carboxylic acids is 1. The number of hydrogen-bond acceptors (Lipinski definition) is 5. The van der Waals surface area contributed by atoms with Gasteiger partial charge in [0.25, 0.3) is 5.69 Å². The SMILES string of the molecule is CC#CC(=O)c1c([N+](=O)[O-])cc2c(c1OC)C=CC(C)(C)O2. The minimum Gasteiger partial charge on any atom is -0.495 e. The first kappa shape index (κ1) is 15.6. The highest BCUT2D eigenvalue weighted by Gasteiger charge is 2.33. The molecule has 0 aromatic heterocycles. The quantitative estimate of drug-likeness (QED) is 0.282. The van der Waals surface area contributed by atoms with Gasteiger partial charge < -0.3 is 9.47 Å². The van der Waals surface area contributed by atoms with Gasteiger partial charge in [-0.05, 0) is 38.8 Å². The highest BCUT2D eigenvalue weighted by molar-refractivity contribution is 6.14. The van der Waals surface area contributed by atoms with E-state index in [1.54, 1.807) is 12.2 Å². The molecule has 2 rings (SSSR count). The number of benzene rings is 1. The van der Waals surface area contributed by atoms with Crippen molar-refractivity contribution >= 4 is 17.5 Å². The summed E-state index contributed by atoms with van der Waals surface area (Å²) < 4.78 is 11.0. The van der Waals surface area contributed by atoms with Crippen LogP contribution in [0.4, 0.5) is 5.69 Å². The van der Waals surface area contributed by atoms with E-state index in [0.29, 0.717) is 11.3 Å². The summed E-state index contributed by atoms with van der Waals surface area (Å²) in [5.41, 5.74) is -0.641. The van der Waals surface area contributed by atoms with Crippen molar-refractivity contribution in [2.24, 2.45) is 0 Å². The van der Waals surface area contributed by atoms with Gasteiger partial charge in [0.15, 0.2) is 5.56 Å². The van der Waals surface area contributed by atoms with Crippen molar-refractivity contribution in [3.63, 3.8) is 0 Å². The minimum atomic E-state index is -0.660. The van der Waals surface area contributed by atoms with Crippen LogP contribution < -0.4 is 9.47 Å². The molecule has 6 nitrogen and oxygen atoms in total. The number of fused-ring (bicyclic) bond motifs is 1. The van der Waals surface area contributed by atoms with Crippen molar-refractivity contribution in [3.05, 3.63) is 33.4 Å². The van der Waals surface area contributed by atoms with E-state index in [1.165, 1.54) is 20.1 Å². The lowest BCUT2D eigenvalue weighted by Gasteiger charge is -2.28. The number of ether oxygens (including phenoxy) is 2. The second-order valence-electron chi connectivity index (χ2n) is 5.22. The maximum absolute atomic E-state index is 12.1. The Balaban J connectivity index is 2.80. The largest absolute Gasteiger partial charge is 0.495 e. The highest BCUT2D eigenvalue weighted by atomic mass is 16.6. The molecule has 0 aliphatic carbocycles. The van der Waals surface area contributed by atoms with E-state index in [2.05, 4.69) is 11.8 Å². The number of nitro benzene ring substituents is 1. The van der Waals surface area contributed by atoms with Crippen LogP contribution in [0, 0.1) is 22.0 Å². The number of nitro groups is 1. The Morgan fingerprint density at radius 2 is 2.14 bits per heavy atom. The van der Waals surface area contributed by atoms with E-state index < -0.39 is 16.3 Å². The van der Waals surface area contributed by atoms with Crippen LogP contribution in [0.25, 0.3) is 6.08 Å². The second kappa shape index (κ2) is 5.53. The van der Waals surface area contributed by atoms with Crippen molar-refractivity contribution in [1.29, 1.82) is 0 Å². The third-order valence-electron chi connectivity index (χ3n) is 3.15. The number of carbonyl (C=O) groups is 1. The number of Topliss-reactive ketones (excluding diaryl/α,β-unsaturated/α-hetero) is 1. The Bertz CT molecular complexity index is 750. The fraction of sp³-hybridized carbons (Fsp3) is 0.312. The second-order valence-corrected chi connectivity index (χ2v) is 5.22. The van der Waals surface area contributed by atoms with Crippen LogP contribution in [0.1, 0.15) is 36.7 Å². The summed E-state index contributed by atoms with van der Waals surface area (Å²) in [6.07, 6.45) is 3.53. The van der Waals surface area contributed by atoms with E-state index in [1.807, 2.05) is 13.8 Å². The highest BCUT2D eigenvalue weighted by Crippen LogP contribution is 2.43. The van der Waals surface area contributed by atoms with E-state index in [4.69, 9.17) is 9.47 Å². The summed E-state index contributed by atoms with van der Waals surface area (Å²) >= 11 is 0. The van der Waals surface area contributed by atoms with Crippen LogP contribution in [0.2, 0.25) is 0 Å². The minimum absolute atomic E-state index is 0.101. The molecule has 0 fully saturated rings. The molecule has 0 unspecified atom stereocenters. The molecular formula is C16H15NO5. The molecule has 1 aliphatic rings. The smallest absolute Gasteiger partial charge is 0.288 e. The molecule has 22 heavy (non-hydrogen) atoms. The van der Waals surface area contributed by atoms with Crippen molar-refractivity contribution < 1.29 is 19.2 Å². The van der Waals surface area contributed by atoms with Crippen molar-refractivity contribution in [2.75, 3.05) is 7.11 Å². The summed E-state index contributed by atoms with van der Waals surface area (Å²) in [6.45, 7) is 5.14. The lowest BCUT2D eigenvalue weighted by Crippen LogP contribution is -2.28. The lowest BCUT2D eigenvalue weighted by molar-refractivity contribution is -0.385.